The zero-order valence-electron chi connectivity index (χ0n) is 12.0. The van der Waals surface area contributed by atoms with Gasteiger partial charge < -0.3 is 9.64 Å². The van der Waals surface area contributed by atoms with E-state index in [9.17, 15) is 4.79 Å². The molecule has 0 unspecified atom stereocenters. The van der Waals surface area contributed by atoms with Gasteiger partial charge >= 0.3 is 0 Å². The molecule has 0 aliphatic rings. The predicted molar refractivity (Wildman–Crippen MR) is 84.0 cm³/mol. The Bertz CT molecular complexity index is 678. The van der Waals surface area contributed by atoms with Crippen LogP contribution in [0.15, 0.2) is 42.6 Å². The molecule has 0 aliphatic carbocycles. The van der Waals surface area contributed by atoms with Crippen molar-refractivity contribution in [2.75, 3.05) is 25.2 Å². The Labute approximate surface area is 133 Å². The molecule has 2 rings (SSSR count). The molecular formula is C16H14ClN3O2. The highest BCUT2D eigenvalue weighted by molar-refractivity contribution is 6.30. The van der Waals surface area contributed by atoms with Crippen LogP contribution in [0.2, 0.25) is 5.02 Å². The number of carbonyl (C=O) groups excluding carboxylic acids is 1. The number of benzene rings is 1. The van der Waals surface area contributed by atoms with E-state index in [1.54, 1.807) is 48.4 Å². The van der Waals surface area contributed by atoms with Crippen LogP contribution in [0.4, 0.5) is 5.69 Å². The molecule has 0 radical (unpaired) electrons. The quantitative estimate of drug-likeness (QED) is 0.851. The zero-order chi connectivity index (χ0) is 15.9. The van der Waals surface area contributed by atoms with Gasteiger partial charge in [-0.05, 0) is 36.4 Å². The van der Waals surface area contributed by atoms with Gasteiger partial charge in [0.1, 0.15) is 5.69 Å². The Morgan fingerprint density at radius 3 is 2.59 bits per heavy atom. The first kappa shape index (κ1) is 16.0. The van der Waals surface area contributed by atoms with Crippen LogP contribution < -0.4 is 4.90 Å². The Hall–Kier alpha value is -2.42. The second-order valence-electron chi connectivity index (χ2n) is 4.47. The molecule has 0 saturated carbocycles. The second kappa shape index (κ2) is 7.55. The van der Waals surface area contributed by atoms with Gasteiger partial charge in [-0.15, -0.1) is 0 Å². The molecule has 1 amide bonds. The Balaban J connectivity index is 2.30. The minimum absolute atomic E-state index is 0.251. The van der Waals surface area contributed by atoms with Gasteiger partial charge in [0.15, 0.2) is 0 Å². The molecule has 2 aromatic rings. The van der Waals surface area contributed by atoms with Crippen molar-refractivity contribution in [1.29, 1.82) is 5.26 Å². The van der Waals surface area contributed by atoms with Gasteiger partial charge in [-0.2, -0.15) is 5.26 Å². The number of nitrogens with zero attached hydrogens (tertiary/aromatic N) is 3. The standard InChI is InChI=1S/C16H14ClN3O2/c1-22-9-8-20(14-5-2-12(10-18)3-6-14)16(21)15-7-4-13(17)11-19-15/h2-7,11H,8-9H2,1H3. The summed E-state index contributed by atoms with van der Waals surface area (Å²) in [6, 6.07) is 12.0. The average Bonchev–Trinajstić information content (AvgIpc) is 2.56. The molecular weight excluding hydrogens is 302 g/mol. The van der Waals surface area contributed by atoms with Gasteiger partial charge in [0.05, 0.1) is 23.3 Å². The number of pyridine rings is 1. The molecule has 1 heterocycles. The molecule has 0 N–H and O–H groups in total. The van der Waals surface area contributed by atoms with E-state index in [0.29, 0.717) is 35.1 Å². The van der Waals surface area contributed by atoms with Crippen molar-refractivity contribution in [3.63, 3.8) is 0 Å². The van der Waals surface area contributed by atoms with Crippen LogP contribution in [0.25, 0.3) is 0 Å². The maximum Gasteiger partial charge on any atom is 0.276 e. The van der Waals surface area contributed by atoms with Crippen LogP contribution in [0.1, 0.15) is 16.1 Å². The highest BCUT2D eigenvalue weighted by Gasteiger charge is 2.18. The number of methoxy groups -OCH3 is 1. The first-order valence-corrected chi connectivity index (χ1v) is 6.96. The molecule has 22 heavy (non-hydrogen) atoms. The van der Waals surface area contributed by atoms with E-state index in [0.717, 1.165) is 0 Å². The van der Waals surface area contributed by atoms with Gasteiger partial charge in [0.2, 0.25) is 0 Å². The lowest BCUT2D eigenvalue weighted by molar-refractivity contribution is 0.0971. The molecule has 1 aromatic heterocycles. The number of rotatable bonds is 5. The molecule has 0 atom stereocenters. The van der Waals surface area contributed by atoms with E-state index in [-0.39, 0.29) is 5.91 Å². The summed E-state index contributed by atoms with van der Waals surface area (Å²) in [6.07, 6.45) is 1.43. The van der Waals surface area contributed by atoms with Gasteiger partial charge in [-0.1, -0.05) is 11.6 Å². The summed E-state index contributed by atoms with van der Waals surface area (Å²) in [7, 11) is 1.57. The maximum absolute atomic E-state index is 12.6. The summed E-state index contributed by atoms with van der Waals surface area (Å²) in [5, 5.41) is 9.32. The van der Waals surface area contributed by atoms with Gasteiger partial charge in [-0.25, -0.2) is 4.98 Å². The van der Waals surface area contributed by atoms with Crippen molar-refractivity contribution in [3.8, 4) is 6.07 Å². The smallest absolute Gasteiger partial charge is 0.276 e. The van der Waals surface area contributed by atoms with E-state index < -0.39 is 0 Å². The lowest BCUT2D eigenvalue weighted by Gasteiger charge is -2.22. The highest BCUT2D eigenvalue weighted by Crippen LogP contribution is 2.18. The Morgan fingerprint density at radius 2 is 2.05 bits per heavy atom. The first-order valence-electron chi connectivity index (χ1n) is 6.58. The molecule has 0 saturated heterocycles. The number of hydrogen-bond donors (Lipinski definition) is 0. The number of anilines is 1. The molecule has 6 heteroatoms. The largest absolute Gasteiger partial charge is 0.383 e. The lowest BCUT2D eigenvalue weighted by atomic mass is 10.2. The van der Waals surface area contributed by atoms with Crippen molar-refractivity contribution in [1.82, 2.24) is 4.98 Å². The van der Waals surface area contributed by atoms with Crippen molar-refractivity contribution < 1.29 is 9.53 Å². The third kappa shape index (κ3) is 3.82. The number of carbonyl (C=O) groups is 1. The average molecular weight is 316 g/mol. The molecule has 0 bridgehead atoms. The number of aromatic nitrogens is 1. The van der Waals surface area contributed by atoms with E-state index in [1.165, 1.54) is 6.20 Å². The normalized spacial score (nSPS) is 10.0. The molecule has 0 aliphatic heterocycles. The summed E-state index contributed by atoms with van der Waals surface area (Å²) in [5.41, 5.74) is 1.51. The van der Waals surface area contributed by atoms with Gasteiger partial charge in [0.25, 0.3) is 5.91 Å². The number of hydrogen-bond acceptors (Lipinski definition) is 4. The molecule has 112 valence electrons. The van der Waals surface area contributed by atoms with Gasteiger partial charge in [-0.3, -0.25) is 4.79 Å². The number of nitriles is 1. The van der Waals surface area contributed by atoms with Crippen molar-refractivity contribution >= 4 is 23.2 Å². The summed E-state index contributed by atoms with van der Waals surface area (Å²) in [4.78, 5) is 18.2. The molecule has 5 nitrogen and oxygen atoms in total. The van der Waals surface area contributed by atoms with Crippen LogP contribution in [0.5, 0.6) is 0 Å². The fourth-order valence-corrected chi connectivity index (χ4v) is 2.00. The number of halogens is 1. The number of ether oxygens (including phenoxy) is 1. The van der Waals surface area contributed by atoms with E-state index in [2.05, 4.69) is 4.98 Å². The minimum Gasteiger partial charge on any atom is -0.383 e. The molecule has 0 fully saturated rings. The zero-order valence-corrected chi connectivity index (χ0v) is 12.7. The Morgan fingerprint density at radius 1 is 1.32 bits per heavy atom. The first-order chi connectivity index (χ1) is 10.7. The van der Waals surface area contributed by atoms with Crippen LogP contribution >= 0.6 is 11.6 Å². The maximum atomic E-state index is 12.6. The van der Waals surface area contributed by atoms with E-state index in [1.807, 2.05) is 6.07 Å². The van der Waals surface area contributed by atoms with Crippen LogP contribution in [0, 0.1) is 11.3 Å². The fraction of sp³-hybridized carbons (Fsp3) is 0.188. The van der Waals surface area contributed by atoms with Crippen LogP contribution in [-0.2, 0) is 4.74 Å². The van der Waals surface area contributed by atoms with Crippen molar-refractivity contribution in [2.45, 2.75) is 0 Å². The van der Waals surface area contributed by atoms with E-state index in [4.69, 9.17) is 21.6 Å². The predicted octanol–water partition coefficient (Wildman–Crippen LogP) is 2.90. The highest BCUT2D eigenvalue weighted by atomic mass is 35.5. The summed E-state index contributed by atoms with van der Waals surface area (Å²) < 4.78 is 5.06. The van der Waals surface area contributed by atoms with Gasteiger partial charge in [0, 0.05) is 25.5 Å². The third-order valence-electron chi connectivity index (χ3n) is 3.02. The minimum atomic E-state index is -0.251. The fourth-order valence-electron chi connectivity index (χ4n) is 1.89. The summed E-state index contributed by atoms with van der Waals surface area (Å²) in [5.74, 6) is -0.251. The number of amides is 1. The van der Waals surface area contributed by atoms with Crippen LogP contribution in [-0.4, -0.2) is 31.2 Å². The molecule has 0 spiro atoms. The van der Waals surface area contributed by atoms with Crippen molar-refractivity contribution in [3.05, 3.63) is 58.9 Å². The topological polar surface area (TPSA) is 66.2 Å². The SMILES string of the molecule is COCCN(C(=O)c1ccc(Cl)cn1)c1ccc(C#N)cc1. The second-order valence-corrected chi connectivity index (χ2v) is 4.91. The lowest BCUT2D eigenvalue weighted by Crippen LogP contribution is -2.34. The molecule has 1 aromatic carbocycles. The third-order valence-corrected chi connectivity index (χ3v) is 3.24. The van der Waals surface area contributed by atoms with Crippen molar-refractivity contribution in [2.24, 2.45) is 0 Å². The van der Waals surface area contributed by atoms with Crippen LogP contribution in [0.3, 0.4) is 0 Å². The summed E-state index contributed by atoms with van der Waals surface area (Å²) in [6.45, 7) is 0.769. The summed E-state index contributed by atoms with van der Waals surface area (Å²) >= 11 is 5.79. The van der Waals surface area contributed by atoms with E-state index >= 15 is 0 Å². The Kier molecular flexibility index (Phi) is 5.48. The monoisotopic (exact) mass is 315 g/mol.